The number of Topliss-reactive ketones (excluding diaryl/α,β-unsaturated/α-hetero) is 1. The molecule has 1 saturated heterocycles. The Morgan fingerprint density at radius 3 is 2.41 bits per heavy atom. The first kappa shape index (κ1) is 22.1. The van der Waals surface area contributed by atoms with Crippen LogP contribution in [0.15, 0.2) is 16.7 Å². The van der Waals surface area contributed by atoms with Crippen LogP contribution >= 0.6 is 0 Å². The van der Waals surface area contributed by atoms with Crippen LogP contribution in [-0.4, -0.2) is 50.7 Å². The van der Waals surface area contributed by atoms with Gasteiger partial charge in [0.1, 0.15) is 5.76 Å². The normalized spacial score (nSPS) is 23.8. The molecule has 172 valence electrons. The van der Waals surface area contributed by atoms with E-state index in [1.807, 2.05) is 0 Å². The number of aryl methyl sites for hydroxylation is 2. The number of hydrogen-bond donors (Lipinski definition) is 0. The van der Waals surface area contributed by atoms with Crippen LogP contribution in [0.1, 0.15) is 53.2 Å². The van der Waals surface area contributed by atoms with Gasteiger partial charge in [-0.2, -0.15) is 13.2 Å². The maximum Gasteiger partial charge on any atom is 0.418 e. The third kappa shape index (κ3) is 3.59. The molecule has 8 nitrogen and oxygen atoms in total. The second kappa shape index (κ2) is 7.49. The van der Waals surface area contributed by atoms with Gasteiger partial charge in [-0.15, -0.1) is 0 Å². The first-order valence-electron chi connectivity index (χ1n) is 10.2. The molecule has 2 aromatic heterocycles. The Hall–Kier alpha value is -3.11. The van der Waals surface area contributed by atoms with Crippen LogP contribution in [0.3, 0.4) is 0 Å². The van der Waals surface area contributed by atoms with Crippen LogP contribution in [0.25, 0.3) is 5.82 Å². The number of hydrogen-bond acceptors (Lipinski definition) is 6. The summed E-state index contributed by atoms with van der Waals surface area (Å²) in [6.07, 6.45) is -6.40. The van der Waals surface area contributed by atoms with Crippen LogP contribution in [0.2, 0.25) is 0 Å². The number of carbonyl (C=O) groups is 3. The summed E-state index contributed by atoms with van der Waals surface area (Å²) in [7, 11) is 0. The van der Waals surface area contributed by atoms with E-state index >= 15 is 0 Å². The highest BCUT2D eigenvalue weighted by Crippen LogP contribution is 2.45. The fourth-order valence-corrected chi connectivity index (χ4v) is 4.54. The fraction of sp³-hybridized carbons (Fsp3) is 0.524. The highest BCUT2D eigenvalue weighted by atomic mass is 19.4. The Labute approximate surface area is 181 Å². The number of nitrogens with zero attached hydrogens (tertiary/aromatic N) is 3. The number of ether oxygens (including phenoxy) is 1. The Morgan fingerprint density at radius 2 is 1.84 bits per heavy atom. The van der Waals surface area contributed by atoms with Crippen molar-refractivity contribution in [3.05, 3.63) is 34.8 Å². The number of amides is 2. The van der Waals surface area contributed by atoms with Crippen LogP contribution in [0.4, 0.5) is 18.0 Å². The van der Waals surface area contributed by atoms with Gasteiger partial charge < -0.3 is 9.26 Å². The summed E-state index contributed by atoms with van der Waals surface area (Å²) in [5.74, 6) is -1.68. The smallest absolute Gasteiger partial charge is 0.418 e. The molecule has 0 radical (unpaired) electrons. The molecule has 0 atom stereocenters. The summed E-state index contributed by atoms with van der Waals surface area (Å²) < 4.78 is 50.9. The van der Waals surface area contributed by atoms with Gasteiger partial charge in [-0.1, -0.05) is 5.16 Å². The van der Waals surface area contributed by atoms with Crippen LogP contribution in [0, 0.1) is 26.7 Å². The first-order chi connectivity index (χ1) is 14.9. The summed E-state index contributed by atoms with van der Waals surface area (Å²) in [4.78, 5) is 38.9. The van der Waals surface area contributed by atoms with E-state index in [2.05, 4.69) is 5.16 Å². The molecule has 0 bridgehead atoms. The molecule has 0 N–H and O–H groups in total. The zero-order valence-corrected chi connectivity index (χ0v) is 17.8. The average molecular weight is 453 g/mol. The largest absolute Gasteiger partial charge is 0.432 e. The summed E-state index contributed by atoms with van der Waals surface area (Å²) >= 11 is 0. The first-order valence-corrected chi connectivity index (χ1v) is 10.2. The number of imide groups is 1. The summed E-state index contributed by atoms with van der Waals surface area (Å²) in [5, 5.41) is 3.95. The van der Waals surface area contributed by atoms with E-state index in [0.29, 0.717) is 33.4 Å². The van der Waals surface area contributed by atoms with Gasteiger partial charge in [0, 0.05) is 23.0 Å². The van der Waals surface area contributed by atoms with E-state index in [4.69, 9.17) is 9.26 Å². The molecular formula is C21H22F3N3O5. The van der Waals surface area contributed by atoms with E-state index in [9.17, 15) is 27.6 Å². The molecule has 2 fully saturated rings. The van der Waals surface area contributed by atoms with E-state index in [1.54, 1.807) is 37.5 Å². The van der Waals surface area contributed by atoms with Gasteiger partial charge in [-0.25, -0.2) is 9.69 Å². The van der Waals surface area contributed by atoms with Crippen molar-refractivity contribution in [3.8, 4) is 5.82 Å². The van der Waals surface area contributed by atoms with Crippen LogP contribution in [-0.2, 0) is 9.53 Å². The lowest BCUT2D eigenvalue weighted by Crippen LogP contribution is -2.46. The maximum absolute atomic E-state index is 13.0. The van der Waals surface area contributed by atoms with Crippen molar-refractivity contribution in [2.45, 2.75) is 58.2 Å². The number of rotatable bonds is 4. The summed E-state index contributed by atoms with van der Waals surface area (Å²) in [5.41, 5.74) is -0.0584. The third-order valence-electron chi connectivity index (χ3n) is 6.27. The van der Waals surface area contributed by atoms with E-state index in [1.165, 1.54) is 0 Å². The van der Waals surface area contributed by atoms with Crippen molar-refractivity contribution >= 4 is 17.8 Å². The second-order valence-electron chi connectivity index (χ2n) is 8.41. The minimum absolute atomic E-state index is 0.216. The third-order valence-corrected chi connectivity index (χ3v) is 6.27. The van der Waals surface area contributed by atoms with Gasteiger partial charge in [0.05, 0.1) is 12.5 Å². The average Bonchev–Trinajstić information content (AvgIpc) is 3.32. The van der Waals surface area contributed by atoms with Crippen molar-refractivity contribution < 1.29 is 36.8 Å². The van der Waals surface area contributed by atoms with E-state index in [0.717, 1.165) is 0 Å². The van der Waals surface area contributed by atoms with Crippen molar-refractivity contribution in [2.24, 2.45) is 5.92 Å². The molecule has 2 amide bonds. The molecule has 1 spiro atoms. The zero-order valence-electron chi connectivity index (χ0n) is 17.8. The van der Waals surface area contributed by atoms with Crippen molar-refractivity contribution in [2.75, 3.05) is 6.54 Å². The Balaban J connectivity index is 1.51. The minimum atomic E-state index is -4.35. The molecule has 0 aromatic carbocycles. The predicted octanol–water partition coefficient (Wildman–Crippen LogP) is 4.04. The zero-order chi connectivity index (χ0) is 23.4. The number of halogens is 3. The Kier molecular flexibility index (Phi) is 5.17. The number of aromatic nitrogens is 2. The molecule has 1 aliphatic heterocycles. The number of alkyl halides is 3. The molecule has 3 heterocycles. The molecule has 1 saturated carbocycles. The fourth-order valence-electron chi connectivity index (χ4n) is 4.54. The molecule has 0 unspecified atom stereocenters. The van der Waals surface area contributed by atoms with Gasteiger partial charge in [-0.3, -0.25) is 14.2 Å². The van der Waals surface area contributed by atoms with Crippen molar-refractivity contribution in [3.63, 3.8) is 0 Å². The quantitative estimate of drug-likeness (QED) is 0.649. The standard InChI is InChI=1S/C21H22F3N3O5/c1-11-8-15(13(3)27(11)17-9-12(2)32-25-17)16(28)10-26-18(29)20(31-19(26)30)6-4-14(5-7-20)21(22,23)24/h8-9,14H,4-7,10H2,1-3H3. The molecule has 2 aromatic rings. The Morgan fingerprint density at radius 1 is 1.19 bits per heavy atom. The monoisotopic (exact) mass is 453 g/mol. The molecule has 11 heteroatoms. The second-order valence-corrected chi connectivity index (χ2v) is 8.41. The molecule has 4 rings (SSSR count). The highest BCUT2D eigenvalue weighted by Gasteiger charge is 2.58. The van der Waals surface area contributed by atoms with Crippen LogP contribution < -0.4 is 0 Å². The van der Waals surface area contributed by atoms with Gasteiger partial charge in [0.15, 0.2) is 17.2 Å². The van der Waals surface area contributed by atoms with Gasteiger partial charge in [0.2, 0.25) is 0 Å². The van der Waals surface area contributed by atoms with Crippen LogP contribution in [0.5, 0.6) is 0 Å². The number of carbonyl (C=O) groups excluding carboxylic acids is 3. The lowest BCUT2D eigenvalue weighted by molar-refractivity contribution is -0.191. The van der Waals surface area contributed by atoms with E-state index in [-0.39, 0.29) is 25.7 Å². The lowest BCUT2D eigenvalue weighted by atomic mass is 9.78. The van der Waals surface area contributed by atoms with Gasteiger partial charge in [-0.05, 0) is 52.5 Å². The molecular weight excluding hydrogens is 431 g/mol. The molecule has 32 heavy (non-hydrogen) atoms. The molecule has 1 aliphatic carbocycles. The number of ketones is 1. The summed E-state index contributed by atoms with van der Waals surface area (Å²) in [6, 6.07) is 3.33. The topological polar surface area (TPSA) is 94.6 Å². The lowest BCUT2D eigenvalue weighted by Gasteiger charge is -2.34. The van der Waals surface area contributed by atoms with Crippen molar-refractivity contribution in [1.82, 2.24) is 14.6 Å². The Bertz CT molecular complexity index is 1090. The van der Waals surface area contributed by atoms with Crippen molar-refractivity contribution in [1.29, 1.82) is 0 Å². The van der Waals surface area contributed by atoms with Gasteiger partial charge in [0.25, 0.3) is 5.91 Å². The SMILES string of the molecule is Cc1cc(-n2c(C)cc(C(=O)CN3C(=O)OC4(CCC(C(F)(F)F)CC4)C3=O)c2C)no1. The minimum Gasteiger partial charge on any atom is -0.432 e. The predicted molar refractivity (Wildman–Crippen MR) is 103 cm³/mol. The van der Waals surface area contributed by atoms with Gasteiger partial charge >= 0.3 is 12.3 Å². The summed E-state index contributed by atoms with van der Waals surface area (Å²) in [6.45, 7) is 4.66. The highest BCUT2D eigenvalue weighted by molar-refractivity contribution is 6.08. The molecule has 2 aliphatic rings. The maximum atomic E-state index is 13.0. The van der Waals surface area contributed by atoms with E-state index < -0.39 is 42.0 Å².